The Morgan fingerprint density at radius 3 is 2.54 bits per heavy atom. The number of nitrogens with zero attached hydrogens (tertiary/aromatic N) is 7. The molecule has 0 radical (unpaired) electrons. The van der Waals surface area contributed by atoms with Crippen LogP contribution in [0.3, 0.4) is 0 Å². The van der Waals surface area contributed by atoms with Crippen molar-refractivity contribution in [1.82, 2.24) is 19.9 Å². The summed E-state index contributed by atoms with van der Waals surface area (Å²) >= 11 is 0. The molecule has 1 amide bonds. The number of carbonyl (C=O) groups excluding carboxylic acids is 1. The first-order valence-electron chi connectivity index (χ1n) is 12.4. The van der Waals surface area contributed by atoms with Gasteiger partial charge in [0.25, 0.3) is 0 Å². The number of pyridine rings is 1. The van der Waals surface area contributed by atoms with E-state index in [2.05, 4.69) is 34.7 Å². The number of hydrogen-bond acceptors (Lipinski definition) is 8. The van der Waals surface area contributed by atoms with Crippen LogP contribution in [0.5, 0.6) is 0 Å². The van der Waals surface area contributed by atoms with Crippen molar-refractivity contribution in [3.05, 3.63) is 35.8 Å². The van der Waals surface area contributed by atoms with Crippen LogP contribution in [0.4, 0.5) is 22.2 Å². The average molecular weight is 476 g/mol. The van der Waals surface area contributed by atoms with E-state index in [1.165, 1.54) is 12.0 Å². The van der Waals surface area contributed by atoms with Crippen molar-refractivity contribution < 1.29 is 9.53 Å². The lowest BCUT2D eigenvalue weighted by atomic mass is 9.66. The van der Waals surface area contributed by atoms with Crippen LogP contribution in [-0.2, 0) is 10.2 Å². The maximum Gasteiger partial charge on any atom is 0.410 e. The zero-order valence-corrected chi connectivity index (χ0v) is 21.2. The van der Waals surface area contributed by atoms with Crippen molar-refractivity contribution in [3.8, 4) is 6.07 Å². The van der Waals surface area contributed by atoms with E-state index in [0.29, 0.717) is 18.7 Å². The van der Waals surface area contributed by atoms with Gasteiger partial charge in [-0.25, -0.2) is 19.7 Å². The largest absolute Gasteiger partial charge is 0.444 e. The van der Waals surface area contributed by atoms with Crippen molar-refractivity contribution in [2.24, 2.45) is 0 Å². The summed E-state index contributed by atoms with van der Waals surface area (Å²) in [5, 5.41) is 9.39. The van der Waals surface area contributed by atoms with Gasteiger partial charge in [-0.3, -0.25) is 0 Å². The topological polar surface area (TPSA) is 98.5 Å². The molecule has 3 aliphatic rings. The molecule has 9 nitrogen and oxygen atoms in total. The van der Waals surface area contributed by atoms with Gasteiger partial charge in [0.15, 0.2) is 0 Å². The van der Waals surface area contributed by atoms with Crippen LogP contribution in [0, 0.1) is 11.3 Å². The first-order chi connectivity index (χ1) is 16.6. The lowest BCUT2D eigenvalue weighted by Gasteiger charge is -2.46. The molecule has 184 valence electrons. The Bertz CT molecular complexity index is 1180. The molecular weight excluding hydrogens is 442 g/mol. The van der Waals surface area contributed by atoms with Crippen LogP contribution in [0.2, 0.25) is 0 Å². The van der Waals surface area contributed by atoms with Crippen molar-refractivity contribution in [3.63, 3.8) is 0 Å². The van der Waals surface area contributed by atoms with Crippen LogP contribution >= 0.6 is 0 Å². The van der Waals surface area contributed by atoms with Gasteiger partial charge < -0.3 is 19.4 Å². The number of fused-ring (bicyclic) bond motifs is 2. The molecule has 0 bridgehead atoms. The zero-order chi connectivity index (χ0) is 25.0. The summed E-state index contributed by atoms with van der Waals surface area (Å²) < 4.78 is 5.66. The predicted octanol–water partition coefficient (Wildman–Crippen LogP) is 4.15. The summed E-state index contributed by atoms with van der Waals surface area (Å²) in [4.78, 5) is 33.2. The van der Waals surface area contributed by atoms with E-state index < -0.39 is 5.60 Å². The summed E-state index contributed by atoms with van der Waals surface area (Å²) in [5.74, 6) is 2.58. The second-order valence-electron chi connectivity index (χ2n) is 11.1. The zero-order valence-electron chi connectivity index (χ0n) is 21.2. The van der Waals surface area contributed by atoms with Crippen molar-refractivity contribution in [1.29, 1.82) is 5.26 Å². The fourth-order valence-corrected chi connectivity index (χ4v) is 5.55. The van der Waals surface area contributed by atoms with Gasteiger partial charge in [0.1, 0.15) is 29.4 Å². The van der Waals surface area contributed by atoms with Crippen molar-refractivity contribution in [2.45, 2.75) is 77.0 Å². The Kier molecular flexibility index (Phi) is 5.58. The van der Waals surface area contributed by atoms with E-state index in [1.54, 1.807) is 18.6 Å². The maximum atomic E-state index is 12.8. The molecule has 1 aliphatic carbocycles. The Morgan fingerprint density at radius 2 is 1.89 bits per heavy atom. The Hall–Kier alpha value is -3.41. The number of nitriles is 1. The molecule has 1 saturated carbocycles. The molecule has 35 heavy (non-hydrogen) atoms. The van der Waals surface area contributed by atoms with E-state index in [9.17, 15) is 10.1 Å². The molecule has 1 spiro atoms. The van der Waals surface area contributed by atoms with Crippen LogP contribution in [-0.4, -0.2) is 63.3 Å². The highest BCUT2D eigenvalue weighted by Gasteiger charge is 2.52. The average Bonchev–Trinajstić information content (AvgIpc) is 3.16. The monoisotopic (exact) mass is 475 g/mol. The van der Waals surface area contributed by atoms with Crippen LogP contribution in [0.15, 0.2) is 24.7 Å². The highest BCUT2D eigenvalue weighted by molar-refractivity contribution is 5.75. The first-order valence-corrected chi connectivity index (χ1v) is 12.4. The molecule has 4 heterocycles. The molecule has 2 aromatic heterocycles. The number of ether oxygens (including phenoxy) is 1. The van der Waals surface area contributed by atoms with Crippen molar-refractivity contribution >= 4 is 23.5 Å². The number of aromatic nitrogens is 3. The van der Waals surface area contributed by atoms with E-state index >= 15 is 0 Å². The normalized spacial score (nSPS) is 23.0. The third kappa shape index (κ3) is 4.05. The van der Waals surface area contributed by atoms with Gasteiger partial charge in [-0.2, -0.15) is 5.26 Å². The molecule has 1 saturated heterocycles. The van der Waals surface area contributed by atoms with Gasteiger partial charge in [0.05, 0.1) is 11.6 Å². The fraction of sp³-hybridized carbons (Fsp3) is 0.577. The molecule has 2 atom stereocenters. The molecule has 0 aromatic carbocycles. The molecule has 5 rings (SSSR count). The molecule has 0 N–H and O–H groups in total. The number of hydrogen-bond donors (Lipinski definition) is 0. The number of anilines is 3. The quantitative estimate of drug-likeness (QED) is 0.639. The SMILES string of the molecule is CC1CN(c2ncnc3c2C2(CCC2)CN3c2cc(C#N)ccn2)C(C)CN1C(=O)OC(C)(C)C. The van der Waals surface area contributed by atoms with Crippen molar-refractivity contribution in [2.75, 3.05) is 29.4 Å². The van der Waals surface area contributed by atoms with Crippen LogP contribution < -0.4 is 9.80 Å². The van der Waals surface area contributed by atoms with Crippen LogP contribution in [0.25, 0.3) is 0 Å². The van der Waals surface area contributed by atoms with E-state index in [0.717, 1.165) is 36.8 Å². The summed E-state index contributed by atoms with van der Waals surface area (Å²) in [6.45, 7) is 11.9. The maximum absolute atomic E-state index is 12.8. The highest BCUT2D eigenvalue weighted by Crippen LogP contribution is 2.56. The molecule has 9 heteroatoms. The standard InChI is InChI=1S/C26H33N7O2/c1-17-14-32(24(34)35-25(3,4)5)18(2)13-31(17)22-21-23(30-16-29-22)33(15-26(21)8-6-9-26)20-11-19(12-27)7-10-28-20/h7,10-11,16-18H,6,8-9,13-15H2,1-5H3. The Morgan fingerprint density at radius 1 is 1.14 bits per heavy atom. The highest BCUT2D eigenvalue weighted by atomic mass is 16.6. The summed E-state index contributed by atoms with van der Waals surface area (Å²) in [6.07, 6.45) is 6.37. The minimum Gasteiger partial charge on any atom is -0.444 e. The molecular formula is C26H33N7O2. The van der Waals surface area contributed by atoms with Crippen LogP contribution in [0.1, 0.15) is 65.0 Å². The van der Waals surface area contributed by atoms with Gasteiger partial charge in [-0.15, -0.1) is 0 Å². The van der Waals surface area contributed by atoms with Gasteiger partial charge >= 0.3 is 6.09 Å². The minimum atomic E-state index is -0.526. The number of piperazine rings is 1. The molecule has 2 fully saturated rings. The van der Waals surface area contributed by atoms with Gasteiger partial charge in [-0.1, -0.05) is 6.42 Å². The summed E-state index contributed by atoms with van der Waals surface area (Å²) in [5.41, 5.74) is 1.23. The fourth-order valence-electron chi connectivity index (χ4n) is 5.55. The summed E-state index contributed by atoms with van der Waals surface area (Å²) in [6, 6.07) is 5.82. The summed E-state index contributed by atoms with van der Waals surface area (Å²) in [7, 11) is 0. The predicted molar refractivity (Wildman–Crippen MR) is 133 cm³/mol. The Labute approximate surface area is 206 Å². The van der Waals surface area contributed by atoms with Gasteiger partial charge in [-0.05, 0) is 59.6 Å². The van der Waals surface area contributed by atoms with Gasteiger partial charge in [0, 0.05) is 48.9 Å². The third-order valence-electron chi connectivity index (χ3n) is 7.40. The lowest BCUT2D eigenvalue weighted by molar-refractivity contribution is 0.0129. The van der Waals surface area contributed by atoms with E-state index in [-0.39, 0.29) is 23.6 Å². The molecule has 2 unspecified atom stereocenters. The second-order valence-corrected chi connectivity index (χ2v) is 11.1. The first kappa shape index (κ1) is 23.3. The van der Waals surface area contributed by atoms with E-state index in [1.807, 2.05) is 31.7 Å². The lowest BCUT2D eigenvalue weighted by Crippen LogP contribution is -2.59. The second kappa shape index (κ2) is 8.36. The Balaban J connectivity index is 1.48. The third-order valence-corrected chi connectivity index (χ3v) is 7.40. The smallest absolute Gasteiger partial charge is 0.410 e. The van der Waals surface area contributed by atoms with E-state index in [4.69, 9.17) is 14.7 Å². The number of amides is 1. The number of rotatable bonds is 2. The molecule has 2 aliphatic heterocycles. The number of carbonyl (C=O) groups is 1. The minimum absolute atomic E-state index is 0.0124. The molecule has 2 aromatic rings. The van der Waals surface area contributed by atoms with Gasteiger partial charge in [0.2, 0.25) is 0 Å².